The predicted octanol–water partition coefficient (Wildman–Crippen LogP) is 3.08. The number of nitrogens with zero attached hydrogens (tertiary/aromatic N) is 4. The van der Waals surface area contributed by atoms with Crippen LogP contribution in [0.15, 0.2) is 22.7 Å². The summed E-state index contributed by atoms with van der Waals surface area (Å²) in [5.74, 6) is -0.945. The Morgan fingerprint density at radius 3 is 2.42 bits per heavy atom. The number of carbonyl (C=O) groups is 1. The zero-order chi connectivity index (χ0) is 17.5. The summed E-state index contributed by atoms with van der Waals surface area (Å²) in [6.45, 7) is 3.24. The lowest BCUT2D eigenvalue weighted by Crippen LogP contribution is -2.48. The van der Waals surface area contributed by atoms with Gasteiger partial charge in [0.05, 0.1) is 5.52 Å². The minimum Gasteiger partial charge on any atom is -0.352 e. The van der Waals surface area contributed by atoms with E-state index in [1.54, 1.807) is 21.9 Å². The Labute approximate surface area is 144 Å². The van der Waals surface area contributed by atoms with Crippen LogP contribution in [0.5, 0.6) is 0 Å². The lowest BCUT2D eigenvalue weighted by Gasteiger charge is -2.35. The van der Waals surface area contributed by atoms with E-state index in [1.807, 2.05) is 0 Å². The molecule has 128 valence electrons. The summed E-state index contributed by atoms with van der Waals surface area (Å²) in [6, 6.07) is 4.89. The highest BCUT2D eigenvalue weighted by Gasteiger charge is 2.36. The molecule has 9 heteroatoms. The highest BCUT2D eigenvalue weighted by molar-refractivity contribution is 9.10. The first kappa shape index (κ1) is 16.9. The third kappa shape index (κ3) is 3.31. The summed E-state index contributed by atoms with van der Waals surface area (Å²) in [5, 5.41) is 0.550. The van der Waals surface area contributed by atoms with Crippen molar-refractivity contribution in [2.24, 2.45) is 0 Å². The molecule has 0 aliphatic carbocycles. The first-order chi connectivity index (χ1) is 11.3. The molecule has 1 fully saturated rings. The second-order valence-corrected chi connectivity index (χ2v) is 6.44. The van der Waals surface area contributed by atoms with Crippen LogP contribution < -0.4 is 4.90 Å². The molecule has 3 rings (SSSR count). The highest BCUT2D eigenvalue weighted by atomic mass is 79.9. The number of piperazine rings is 1. The summed E-state index contributed by atoms with van der Waals surface area (Å²) >= 11 is 3.33. The van der Waals surface area contributed by atoms with Crippen LogP contribution >= 0.6 is 15.9 Å². The fourth-order valence-electron chi connectivity index (χ4n) is 2.69. The molecule has 0 N–H and O–H groups in total. The number of rotatable bonds is 1. The van der Waals surface area contributed by atoms with E-state index in [-0.39, 0.29) is 17.2 Å². The first-order valence-corrected chi connectivity index (χ1v) is 8.10. The van der Waals surface area contributed by atoms with E-state index < -0.39 is 12.0 Å². The number of aromatic nitrogens is 2. The maximum absolute atomic E-state index is 13.1. The van der Waals surface area contributed by atoms with Crippen LogP contribution in [0.3, 0.4) is 0 Å². The Morgan fingerprint density at radius 1 is 1.17 bits per heavy atom. The van der Waals surface area contributed by atoms with Crippen molar-refractivity contribution in [2.75, 3.05) is 31.1 Å². The van der Waals surface area contributed by atoms with Gasteiger partial charge in [0.15, 0.2) is 0 Å². The fourth-order valence-corrected chi connectivity index (χ4v) is 3.05. The third-order valence-corrected chi connectivity index (χ3v) is 4.41. The molecule has 0 radical (unpaired) electrons. The second-order valence-electron chi connectivity index (χ2n) is 5.52. The van der Waals surface area contributed by atoms with Gasteiger partial charge in [0.2, 0.25) is 11.7 Å². The van der Waals surface area contributed by atoms with E-state index in [1.165, 1.54) is 13.0 Å². The monoisotopic (exact) mass is 402 g/mol. The SMILES string of the molecule is CC(=O)N1CCN(c2nc(C(F)(F)F)nc3ccc(Br)cc23)CC1. The zero-order valence-electron chi connectivity index (χ0n) is 12.8. The van der Waals surface area contributed by atoms with Gasteiger partial charge in [-0.3, -0.25) is 4.79 Å². The number of alkyl halides is 3. The van der Waals surface area contributed by atoms with Crippen molar-refractivity contribution in [3.8, 4) is 0 Å². The van der Waals surface area contributed by atoms with E-state index in [0.29, 0.717) is 31.6 Å². The van der Waals surface area contributed by atoms with E-state index in [0.717, 1.165) is 4.47 Å². The quantitative estimate of drug-likeness (QED) is 0.735. The van der Waals surface area contributed by atoms with Crippen LogP contribution in [0.1, 0.15) is 12.7 Å². The van der Waals surface area contributed by atoms with Crippen molar-refractivity contribution in [1.82, 2.24) is 14.9 Å². The highest BCUT2D eigenvalue weighted by Crippen LogP contribution is 2.33. The summed E-state index contributed by atoms with van der Waals surface area (Å²) in [6.07, 6.45) is -4.61. The number of hydrogen-bond donors (Lipinski definition) is 0. The lowest BCUT2D eigenvalue weighted by atomic mass is 10.2. The standard InChI is InChI=1S/C15H14BrF3N4O/c1-9(24)22-4-6-23(7-5-22)13-11-8-10(16)2-3-12(11)20-14(21-13)15(17,18)19/h2-3,8H,4-7H2,1H3. The van der Waals surface area contributed by atoms with E-state index >= 15 is 0 Å². The molecular formula is C15H14BrF3N4O. The smallest absolute Gasteiger partial charge is 0.352 e. The molecular weight excluding hydrogens is 389 g/mol. The van der Waals surface area contributed by atoms with E-state index in [9.17, 15) is 18.0 Å². The Morgan fingerprint density at radius 2 is 1.83 bits per heavy atom. The Hall–Kier alpha value is -1.90. The molecule has 1 amide bonds. The van der Waals surface area contributed by atoms with Crippen molar-refractivity contribution in [1.29, 1.82) is 0 Å². The number of benzene rings is 1. The number of amides is 1. The van der Waals surface area contributed by atoms with Crippen molar-refractivity contribution in [2.45, 2.75) is 13.1 Å². The average Bonchev–Trinajstić information content (AvgIpc) is 2.53. The molecule has 1 aromatic carbocycles. The van der Waals surface area contributed by atoms with Gasteiger partial charge >= 0.3 is 6.18 Å². The molecule has 0 bridgehead atoms. The van der Waals surface area contributed by atoms with Crippen LogP contribution in [-0.2, 0) is 11.0 Å². The van der Waals surface area contributed by atoms with Gasteiger partial charge in [-0.05, 0) is 18.2 Å². The third-order valence-electron chi connectivity index (χ3n) is 3.92. The van der Waals surface area contributed by atoms with Gasteiger partial charge in [-0.1, -0.05) is 15.9 Å². The van der Waals surface area contributed by atoms with E-state index in [2.05, 4.69) is 25.9 Å². The molecule has 24 heavy (non-hydrogen) atoms. The lowest BCUT2D eigenvalue weighted by molar-refractivity contribution is -0.144. The molecule has 2 heterocycles. The minimum absolute atomic E-state index is 0.0408. The fraction of sp³-hybridized carbons (Fsp3) is 0.400. The summed E-state index contributed by atoms with van der Waals surface area (Å²) in [5.41, 5.74) is 0.240. The number of halogens is 4. The number of carbonyl (C=O) groups excluding carboxylic acids is 1. The number of hydrogen-bond acceptors (Lipinski definition) is 4. The average molecular weight is 403 g/mol. The Bertz CT molecular complexity index is 788. The van der Waals surface area contributed by atoms with Gasteiger partial charge in [-0.2, -0.15) is 13.2 Å². The van der Waals surface area contributed by atoms with Crippen LogP contribution in [0.4, 0.5) is 19.0 Å². The van der Waals surface area contributed by atoms with Crippen molar-refractivity contribution < 1.29 is 18.0 Å². The topological polar surface area (TPSA) is 49.3 Å². The largest absolute Gasteiger partial charge is 0.451 e. The summed E-state index contributed by atoms with van der Waals surface area (Å²) in [7, 11) is 0. The van der Waals surface area contributed by atoms with Gasteiger partial charge in [-0.25, -0.2) is 9.97 Å². The van der Waals surface area contributed by atoms with Gasteiger partial charge in [-0.15, -0.1) is 0 Å². The molecule has 0 spiro atoms. The molecule has 0 saturated carbocycles. The van der Waals surface area contributed by atoms with Crippen LogP contribution in [0.25, 0.3) is 10.9 Å². The maximum atomic E-state index is 13.1. The summed E-state index contributed by atoms with van der Waals surface area (Å²) in [4.78, 5) is 22.3. The van der Waals surface area contributed by atoms with Crippen LogP contribution in [0, 0.1) is 0 Å². The van der Waals surface area contributed by atoms with Crippen molar-refractivity contribution in [3.05, 3.63) is 28.5 Å². The normalized spacial score (nSPS) is 15.9. The second kappa shape index (κ2) is 6.19. The molecule has 0 atom stereocenters. The first-order valence-electron chi connectivity index (χ1n) is 7.30. The molecule has 1 aliphatic rings. The van der Waals surface area contributed by atoms with Crippen molar-refractivity contribution >= 4 is 38.6 Å². The van der Waals surface area contributed by atoms with Crippen LogP contribution in [-0.4, -0.2) is 47.0 Å². The Balaban J connectivity index is 2.05. The summed E-state index contributed by atoms with van der Waals surface area (Å²) < 4.78 is 40.1. The Kier molecular flexibility index (Phi) is 4.37. The zero-order valence-corrected chi connectivity index (χ0v) is 14.4. The van der Waals surface area contributed by atoms with Gasteiger partial charge in [0.25, 0.3) is 0 Å². The number of fused-ring (bicyclic) bond motifs is 1. The van der Waals surface area contributed by atoms with Gasteiger partial charge in [0.1, 0.15) is 5.82 Å². The molecule has 0 unspecified atom stereocenters. The minimum atomic E-state index is -4.61. The number of anilines is 1. The van der Waals surface area contributed by atoms with Gasteiger partial charge < -0.3 is 9.80 Å². The van der Waals surface area contributed by atoms with Gasteiger partial charge in [0, 0.05) is 43.0 Å². The maximum Gasteiger partial charge on any atom is 0.451 e. The van der Waals surface area contributed by atoms with Crippen molar-refractivity contribution in [3.63, 3.8) is 0 Å². The van der Waals surface area contributed by atoms with Crippen LogP contribution in [0.2, 0.25) is 0 Å². The molecule has 1 saturated heterocycles. The molecule has 1 aliphatic heterocycles. The molecule has 1 aromatic heterocycles. The van der Waals surface area contributed by atoms with E-state index in [4.69, 9.17) is 0 Å². The molecule has 2 aromatic rings. The molecule has 5 nitrogen and oxygen atoms in total. The predicted molar refractivity (Wildman–Crippen MR) is 86.7 cm³/mol.